The molecule has 1 atom stereocenters. The number of alkyl halides is 3. The molecule has 0 unspecified atom stereocenters. The largest absolute Gasteiger partial charge is 0.497 e. The molecule has 0 bridgehead atoms. The number of methoxy groups -OCH3 is 1. The monoisotopic (exact) mass is 554 g/mol. The van der Waals surface area contributed by atoms with E-state index in [1.807, 2.05) is 12.1 Å². The van der Waals surface area contributed by atoms with Crippen molar-refractivity contribution in [2.24, 2.45) is 0 Å². The molecule has 2 aromatic carbocycles. The molecule has 3 aliphatic rings. The Bertz CT molecular complexity index is 1380. The fourth-order valence-corrected chi connectivity index (χ4v) is 6.71. The molecule has 3 heterocycles. The number of likely N-dealkylation sites (tertiary alicyclic amines) is 1. The molecule has 0 radical (unpaired) electrons. The number of carbonyl (C=O) groups excluding carboxylic acids is 1. The quantitative estimate of drug-likeness (QED) is 0.466. The molecule has 1 N–H and O–H groups in total. The summed E-state index contributed by atoms with van der Waals surface area (Å²) in [5.74, 6) is 0.0456. The zero-order valence-electron chi connectivity index (χ0n) is 22.5. The van der Waals surface area contributed by atoms with Crippen LogP contribution in [0.4, 0.5) is 18.9 Å². The number of nitrogens with zero attached hydrogens (tertiary/aromatic N) is 4. The molecule has 1 saturated heterocycles. The highest BCUT2D eigenvalue weighted by Gasteiger charge is 2.44. The maximum Gasteiger partial charge on any atom is 0.435 e. The van der Waals surface area contributed by atoms with Gasteiger partial charge in [0.15, 0.2) is 5.69 Å². The second kappa shape index (κ2) is 10.2. The Labute approximate surface area is 231 Å². The average Bonchev–Trinajstić information content (AvgIpc) is 3.68. The fourth-order valence-electron chi connectivity index (χ4n) is 6.71. The van der Waals surface area contributed by atoms with Crippen molar-refractivity contribution < 1.29 is 27.8 Å². The smallest absolute Gasteiger partial charge is 0.435 e. The lowest BCUT2D eigenvalue weighted by Gasteiger charge is -2.35. The maximum absolute atomic E-state index is 13.9. The average molecular weight is 555 g/mol. The Morgan fingerprint density at radius 1 is 1.02 bits per heavy atom. The molecule has 1 aromatic heterocycles. The van der Waals surface area contributed by atoms with E-state index in [9.17, 15) is 23.1 Å². The van der Waals surface area contributed by atoms with Crippen LogP contribution in [0.5, 0.6) is 5.75 Å². The van der Waals surface area contributed by atoms with Gasteiger partial charge in [0.2, 0.25) is 0 Å². The van der Waals surface area contributed by atoms with Gasteiger partial charge in [0, 0.05) is 42.8 Å². The molecule has 10 heteroatoms. The molecule has 40 heavy (non-hydrogen) atoms. The van der Waals surface area contributed by atoms with Crippen LogP contribution in [0.15, 0.2) is 48.5 Å². The van der Waals surface area contributed by atoms with Crippen molar-refractivity contribution in [1.82, 2.24) is 14.7 Å². The van der Waals surface area contributed by atoms with Crippen molar-refractivity contribution in [2.75, 3.05) is 38.2 Å². The van der Waals surface area contributed by atoms with Crippen molar-refractivity contribution in [2.45, 2.75) is 56.2 Å². The number of aliphatic hydroxyl groups is 1. The Hall–Kier alpha value is -3.37. The number of amides is 1. The minimum atomic E-state index is -4.67. The fraction of sp³-hybridized carbons (Fsp3) is 0.467. The summed E-state index contributed by atoms with van der Waals surface area (Å²) >= 11 is 0. The number of ether oxygens (including phenoxy) is 1. The molecule has 2 fully saturated rings. The second-order valence-electron chi connectivity index (χ2n) is 11.2. The number of halogens is 3. The number of carbonyl (C=O) groups is 1. The van der Waals surface area contributed by atoms with Gasteiger partial charge in [0.05, 0.1) is 18.9 Å². The van der Waals surface area contributed by atoms with Gasteiger partial charge in [-0.2, -0.15) is 18.3 Å². The van der Waals surface area contributed by atoms with Gasteiger partial charge in [-0.3, -0.25) is 9.69 Å². The Kier molecular flexibility index (Phi) is 6.86. The van der Waals surface area contributed by atoms with Gasteiger partial charge in [-0.05, 0) is 67.6 Å². The number of rotatable bonds is 6. The van der Waals surface area contributed by atoms with Crippen molar-refractivity contribution in [3.05, 3.63) is 71.0 Å². The highest BCUT2D eigenvalue weighted by atomic mass is 19.4. The summed E-state index contributed by atoms with van der Waals surface area (Å²) in [6.07, 6.45) is 0.377. The van der Waals surface area contributed by atoms with E-state index < -0.39 is 17.8 Å². The number of anilines is 1. The van der Waals surface area contributed by atoms with Gasteiger partial charge in [-0.1, -0.05) is 25.0 Å². The zero-order chi connectivity index (χ0) is 28.1. The summed E-state index contributed by atoms with van der Waals surface area (Å²) in [6, 6.07) is 14.4. The molecule has 7 nitrogen and oxygen atoms in total. The molecular weight excluding hydrogens is 521 g/mol. The van der Waals surface area contributed by atoms with Gasteiger partial charge in [-0.15, -0.1) is 0 Å². The first-order valence-electron chi connectivity index (χ1n) is 13.8. The van der Waals surface area contributed by atoms with Crippen molar-refractivity contribution in [3.8, 4) is 11.4 Å². The van der Waals surface area contributed by atoms with Crippen LogP contribution >= 0.6 is 0 Å². The third-order valence-electron chi connectivity index (χ3n) is 8.73. The van der Waals surface area contributed by atoms with Crippen LogP contribution in [0, 0.1) is 0 Å². The third kappa shape index (κ3) is 4.77. The van der Waals surface area contributed by atoms with Gasteiger partial charge in [0.25, 0.3) is 5.91 Å². The number of hydrogen-bond acceptors (Lipinski definition) is 5. The molecule has 212 valence electrons. The van der Waals surface area contributed by atoms with Crippen LogP contribution in [0.3, 0.4) is 0 Å². The molecular formula is C30H33F3N4O3. The first kappa shape index (κ1) is 26.8. The molecule has 6 rings (SSSR count). The predicted molar refractivity (Wildman–Crippen MR) is 144 cm³/mol. The molecule has 1 saturated carbocycles. The SMILES string of the molecule is COc1ccc(-n2nc(C(F)(F)F)c3c2C(=O)N(c2ccc(C4(CN5CC[C@@H](O)C5)CCCC4)cc2)CC3)cc1. The predicted octanol–water partition coefficient (Wildman–Crippen LogP) is 4.98. The van der Waals surface area contributed by atoms with Crippen molar-refractivity contribution in [3.63, 3.8) is 0 Å². The standard InChI is InChI=1S/C30H33F3N4O3/c1-40-24-10-8-22(9-11-24)37-26-25(27(34-37)30(31,32)33)13-17-36(28(26)39)21-6-4-20(5-7-21)29(14-2-3-15-29)19-35-16-12-23(38)18-35/h4-11,23,38H,2-3,12-19H2,1H3/t23-/m1/s1. The van der Waals surface area contributed by atoms with Gasteiger partial charge in [0.1, 0.15) is 11.4 Å². The Morgan fingerprint density at radius 3 is 2.30 bits per heavy atom. The van der Waals surface area contributed by atoms with Crippen LogP contribution in [-0.2, 0) is 18.0 Å². The lowest BCUT2D eigenvalue weighted by Crippen LogP contribution is -2.40. The number of hydrogen-bond donors (Lipinski definition) is 1. The number of benzene rings is 2. The zero-order valence-corrected chi connectivity index (χ0v) is 22.5. The minimum absolute atomic E-state index is 0.0102. The molecule has 1 amide bonds. The van der Waals surface area contributed by atoms with E-state index in [-0.39, 0.29) is 35.7 Å². The number of β-amino-alcohol motifs (C(OH)–C–C–N with tert-alkyl or cyclic N) is 1. The van der Waals surface area contributed by atoms with Crippen LogP contribution in [0.1, 0.15) is 59.4 Å². The van der Waals surface area contributed by atoms with Crippen molar-refractivity contribution >= 4 is 11.6 Å². The Morgan fingerprint density at radius 2 is 1.70 bits per heavy atom. The summed E-state index contributed by atoms with van der Waals surface area (Å²) in [4.78, 5) is 17.7. The Balaban J connectivity index is 1.31. The lowest BCUT2D eigenvalue weighted by atomic mass is 9.78. The summed E-state index contributed by atoms with van der Waals surface area (Å²) in [6.45, 7) is 2.63. The molecule has 0 spiro atoms. The van der Waals surface area contributed by atoms with Crippen molar-refractivity contribution in [1.29, 1.82) is 0 Å². The van der Waals surface area contributed by atoms with E-state index in [1.165, 1.54) is 12.7 Å². The van der Waals surface area contributed by atoms with E-state index in [0.717, 1.165) is 49.9 Å². The van der Waals surface area contributed by atoms with Gasteiger partial charge < -0.3 is 14.7 Å². The first-order valence-corrected chi connectivity index (χ1v) is 13.8. The van der Waals surface area contributed by atoms with Crippen LogP contribution in [0.25, 0.3) is 5.69 Å². The normalized spacial score (nSPS) is 21.2. The number of fused-ring (bicyclic) bond motifs is 1. The van der Waals surface area contributed by atoms with Crippen LogP contribution in [-0.4, -0.2) is 65.1 Å². The van der Waals surface area contributed by atoms with E-state index >= 15 is 0 Å². The topological polar surface area (TPSA) is 70.8 Å². The second-order valence-corrected chi connectivity index (χ2v) is 11.2. The van der Waals surface area contributed by atoms with E-state index in [2.05, 4.69) is 22.1 Å². The summed E-state index contributed by atoms with van der Waals surface area (Å²) < 4.78 is 48.1. The third-order valence-corrected chi connectivity index (χ3v) is 8.73. The summed E-state index contributed by atoms with van der Waals surface area (Å²) in [5, 5.41) is 13.9. The minimum Gasteiger partial charge on any atom is -0.497 e. The summed E-state index contributed by atoms with van der Waals surface area (Å²) in [7, 11) is 1.50. The van der Waals surface area contributed by atoms with E-state index in [0.29, 0.717) is 23.7 Å². The molecule has 1 aliphatic carbocycles. The molecule has 3 aromatic rings. The lowest BCUT2D eigenvalue weighted by molar-refractivity contribution is -0.141. The van der Waals surface area contributed by atoms with Gasteiger partial charge in [-0.25, -0.2) is 4.68 Å². The first-order chi connectivity index (χ1) is 19.2. The highest BCUT2D eigenvalue weighted by Crippen LogP contribution is 2.43. The number of aromatic nitrogens is 2. The van der Waals surface area contributed by atoms with E-state index in [4.69, 9.17) is 4.74 Å². The van der Waals surface area contributed by atoms with Crippen LogP contribution in [0.2, 0.25) is 0 Å². The summed E-state index contributed by atoms with van der Waals surface area (Å²) in [5.41, 5.74) is 1.08. The highest BCUT2D eigenvalue weighted by molar-refractivity contribution is 6.07. The van der Waals surface area contributed by atoms with Gasteiger partial charge >= 0.3 is 6.18 Å². The molecule has 2 aliphatic heterocycles. The number of aliphatic hydroxyl groups excluding tert-OH is 1. The van der Waals surface area contributed by atoms with Crippen LogP contribution < -0.4 is 9.64 Å². The van der Waals surface area contributed by atoms with E-state index in [1.54, 1.807) is 29.2 Å². The maximum atomic E-state index is 13.9.